The lowest BCUT2D eigenvalue weighted by molar-refractivity contribution is -0.161. The Bertz CT molecular complexity index is 691. The number of carbonyl (C=O) groups is 2. The number of aliphatic hydroxyl groups is 1. The average molecular weight is 679 g/mol. The number of aliphatic hydroxyl groups excluding tert-OH is 1. The first-order valence-electron chi connectivity index (χ1n) is 21.2. The molecular weight excluding hydrogens is 596 g/mol. The number of hydrogen-bond acceptors (Lipinski definition) is 5. The van der Waals surface area contributed by atoms with E-state index in [2.05, 4.69) is 26.0 Å². The van der Waals surface area contributed by atoms with Crippen molar-refractivity contribution in [3.05, 3.63) is 12.2 Å². The van der Waals surface area contributed by atoms with E-state index in [0.717, 1.165) is 38.5 Å². The van der Waals surface area contributed by atoms with Gasteiger partial charge in [-0.15, -0.1) is 0 Å². The van der Waals surface area contributed by atoms with Crippen LogP contribution in [0.4, 0.5) is 0 Å². The highest BCUT2D eigenvalue weighted by Crippen LogP contribution is 2.16. The quantitative estimate of drug-likeness (QED) is 0.0398. The third-order valence-corrected chi connectivity index (χ3v) is 9.56. The summed E-state index contributed by atoms with van der Waals surface area (Å²) in [7, 11) is 0. The molecule has 0 fully saturated rings. The van der Waals surface area contributed by atoms with Crippen LogP contribution in [-0.2, 0) is 19.1 Å². The summed E-state index contributed by atoms with van der Waals surface area (Å²) in [4.78, 5) is 24.2. The molecule has 0 aliphatic carbocycles. The largest absolute Gasteiger partial charge is 0.462 e. The van der Waals surface area contributed by atoms with E-state index in [1.54, 1.807) is 0 Å². The summed E-state index contributed by atoms with van der Waals surface area (Å²) in [6, 6.07) is 0. The molecule has 0 aromatic heterocycles. The Kier molecular flexibility index (Phi) is 38.9. The van der Waals surface area contributed by atoms with Crippen LogP contribution in [0.2, 0.25) is 0 Å². The summed E-state index contributed by atoms with van der Waals surface area (Å²) < 4.78 is 10.6. The van der Waals surface area contributed by atoms with Crippen molar-refractivity contribution in [2.45, 2.75) is 238 Å². The molecule has 0 radical (unpaired) electrons. The Morgan fingerprint density at radius 3 is 1.17 bits per heavy atom. The van der Waals surface area contributed by atoms with Gasteiger partial charge in [0.15, 0.2) is 6.10 Å². The molecule has 5 heteroatoms. The molecule has 48 heavy (non-hydrogen) atoms. The average Bonchev–Trinajstić information content (AvgIpc) is 3.09. The fourth-order valence-corrected chi connectivity index (χ4v) is 6.31. The molecular formula is C43H82O5. The highest BCUT2D eigenvalue weighted by molar-refractivity contribution is 5.70. The van der Waals surface area contributed by atoms with Gasteiger partial charge in [-0.1, -0.05) is 193 Å². The minimum absolute atomic E-state index is 0.0632. The molecule has 0 saturated heterocycles. The first kappa shape index (κ1) is 46.6. The molecule has 0 saturated carbocycles. The third kappa shape index (κ3) is 37.5. The van der Waals surface area contributed by atoms with Crippen LogP contribution in [0, 0.1) is 0 Å². The Morgan fingerprint density at radius 2 is 0.771 bits per heavy atom. The van der Waals surface area contributed by atoms with Crippen LogP contribution in [0.1, 0.15) is 232 Å². The smallest absolute Gasteiger partial charge is 0.306 e. The van der Waals surface area contributed by atoms with Crippen LogP contribution in [-0.4, -0.2) is 36.4 Å². The Morgan fingerprint density at radius 1 is 0.458 bits per heavy atom. The van der Waals surface area contributed by atoms with Crippen LogP contribution in [0.15, 0.2) is 12.2 Å². The molecule has 0 amide bonds. The van der Waals surface area contributed by atoms with Gasteiger partial charge in [-0.05, 0) is 38.5 Å². The van der Waals surface area contributed by atoms with Crippen molar-refractivity contribution in [1.82, 2.24) is 0 Å². The molecule has 1 atom stereocenters. The van der Waals surface area contributed by atoms with Gasteiger partial charge in [0.25, 0.3) is 0 Å². The predicted octanol–water partition coefficient (Wildman–Crippen LogP) is 13.3. The summed E-state index contributed by atoms with van der Waals surface area (Å²) in [5, 5.41) is 9.55. The lowest BCUT2D eigenvalue weighted by Gasteiger charge is -2.15. The van der Waals surface area contributed by atoms with E-state index in [1.165, 1.54) is 167 Å². The molecule has 0 aromatic rings. The highest BCUT2D eigenvalue weighted by Gasteiger charge is 2.16. The number of carbonyl (C=O) groups excluding carboxylic acids is 2. The number of unbranched alkanes of at least 4 members (excludes halogenated alkanes) is 29. The van der Waals surface area contributed by atoms with Gasteiger partial charge >= 0.3 is 11.9 Å². The van der Waals surface area contributed by atoms with Crippen molar-refractivity contribution in [3.63, 3.8) is 0 Å². The third-order valence-electron chi connectivity index (χ3n) is 9.56. The second-order valence-electron chi connectivity index (χ2n) is 14.4. The van der Waals surface area contributed by atoms with E-state index in [4.69, 9.17) is 9.47 Å². The Labute approximate surface area is 299 Å². The molecule has 5 nitrogen and oxygen atoms in total. The van der Waals surface area contributed by atoms with E-state index in [9.17, 15) is 14.7 Å². The second kappa shape index (κ2) is 40.1. The van der Waals surface area contributed by atoms with Gasteiger partial charge in [0.2, 0.25) is 0 Å². The zero-order chi connectivity index (χ0) is 35.0. The summed E-state index contributed by atoms with van der Waals surface area (Å²) in [6.45, 7) is 4.13. The highest BCUT2D eigenvalue weighted by atomic mass is 16.6. The van der Waals surface area contributed by atoms with Crippen LogP contribution in [0.25, 0.3) is 0 Å². The van der Waals surface area contributed by atoms with Crippen molar-refractivity contribution < 1.29 is 24.2 Å². The van der Waals surface area contributed by atoms with Crippen molar-refractivity contribution in [3.8, 4) is 0 Å². The molecule has 0 aromatic carbocycles. The van der Waals surface area contributed by atoms with Crippen molar-refractivity contribution in [2.75, 3.05) is 13.2 Å². The standard InChI is InChI=1S/C43H82O5/c1-3-5-7-9-11-13-15-17-18-19-20-21-22-23-24-25-26-28-29-31-33-35-37-42(45)47-40-41(39-44)48-43(46)38-36-34-32-30-27-16-14-12-10-8-6-4-2/h12,14,41,44H,3-11,13,15-40H2,1-2H3/b14-12+/t41-/m0/s1. The summed E-state index contributed by atoms with van der Waals surface area (Å²) in [5.74, 6) is -0.590. The molecule has 1 N–H and O–H groups in total. The van der Waals surface area contributed by atoms with Crippen molar-refractivity contribution in [2.24, 2.45) is 0 Å². The fourth-order valence-electron chi connectivity index (χ4n) is 6.31. The summed E-state index contributed by atoms with van der Waals surface area (Å²) in [6.07, 6.45) is 45.7. The zero-order valence-electron chi connectivity index (χ0n) is 32.3. The van der Waals surface area contributed by atoms with E-state index in [-0.39, 0.29) is 25.2 Å². The zero-order valence-corrected chi connectivity index (χ0v) is 32.3. The minimum Gasteiger partial charge on any atom is -0.462 e. The summed E-state index contributed by atoms with van der Waals surface area (Å²) in [5.41, 5.74) is 0. The normalized spacial score (nSPS) is 12.1. The van der Waals surface area contributed by atoms with E-state index in [0.29, 0.717) is 12.8 Å². The first-order chi connectivity index (χ1) is 23.6. The maximum atomic E-state index is 12.1. The molecule has 0 rings (SSSR count). The fraction of sp³-hybridized carbons (Fsp3) is 0.907. The number of esters is 2. The maximum absolute atomic E-state index is 12.1. The molecule has 0 heterocycles. The molecule has 0 spiro atoms. The van der Waals surface area contributed by atoms with Crippen LogP contribution in [0.3, 0.4) is 0 Å². The minimum atomic E-state index is -0.768. The molecule has 0 aliphatic heterocycles. The monoisotopic (exact) mass is 679 g/mol. The van der Waals surface area contributed by atoms with E-state index in [1.807, 2.05) is 0 Å². The summed E-state index contributed by atoms with van der Waals surface area (Å²) >= 11 is 0. The van der Waals surface area contributed by atoms with Gasteiger partial charge in [-0.2, -0.15) is 0 Å². The van der Waals surface area contributed by atoms with Gasteiger partial charge in [-0.25, -0.2) is 0 Å². The maximum Gasteiger partial charge on any atom is 0.306 e. The Hall–Kier alpha value is -1.36. The SMILES string of the molecule is CCCCC/C=C/CCCCCCCC(=O)O[C@@H](CO)COC(=O)CCCCCCCCCCCCCCCCCCCCCCCC. The van der Waals surface area contributed by atoms with Gasteiger partial charge in [0, 0.05) is 12.8 Å². The lowest BCUT2D eigenvalue weighted by Crippen LogP contribution is -2.28. The van der Waals surface area contributed by atoms with Crippen LogP contribution in [0.5, 0.6) is 0 Å². The Balaban J connectivity index is 3.45. The lowest BCUT2D eigenvalue weighted by atomic mass is 10.0. The van der Waals surface area contributed by atoms with Crippen LogP contribution < -0.4 is 0 Å². The number of hydrogen-bond donors (Lipinski definition) is 1. The van der Waals surface area contributed by atoms with Gasteiger partial charge in [0.1, 0.15) is 6.61 Å². The van der Waals surface area contributed by atoms with Gasteiger partial charge in [0.05, 0.1) is 6.61 Å². The van der Waals surface area contributed by atoms with Gasteiger partial charge in [-0.3, -0.25) is 9.59 Å². The number of rotatable bonds is 39. The molecule has 284 valence electrons. The second-order valence-corrected chi connectivity index (χ2v) is 14.4. The molecule has 0 aliphatic rings. The molecule has 0 bridgehead atoms. The van der Waals surface area contributed by atoms with Crippen LogP contribution >= 0.6 is 0 Å². The van der Waals surface area contributed by atoms with Crippen molar-refractivity contribution in [1.29, 1.82) is 0 Å². The number of ether oxygens (including phenoxy) is 2. The predicted molar refractivity (Wildman–Crippen MR) is 205 cm³/mol. The van der Waals surface area contributed by atoms with E-state index < -0.39 is 6.10 Å². The topological polar surface area (TPSA) is 72.8 Å². The van der Waals surface area contributed by atoms with Crippen molar-refractivity contribution >= 4 is 11.9 Å². The molecule has 0 unspecified atom stereocenters. The number of allylic oxidation sites excluding steroid dienone is 2. The van der Waals surface area contributed by atoms with E-state index >= 15 is 0 Å². The first-order valence-corrected chi connectivity index (χ1v) is 21.2. The van der Waals surface area contributed by atoms with Gasteiger partial charge < -0.3 is 14.6 Å².